The summed E-state index contributed by atoms with van der Waals surface area (Å²) < 4.78 is 7.30. The van der Waals surface area contributed by atoms with Gasteiger partial charge in [0.2, 0.25) is 0 Å². The van der Waals surface area contributed by atoms with E-state index in [0.29, 0.717) is 11.6 Å². The van der Waals surface area contributed by atoms with Crippen molar-refractivity contribution in [3.05, 3.63) is 72.3 Å². The fourth-order valence-corrected chi connectivity index (χ4v) is 2.09. The Hall–Kier alpha value is -3.15. The van der Waals surface area contributed by atoms with E-state index in [0.717, 1.165) is 11.3 Å². The zero-order valence-electron chi connectivity index (χ0n) is 12.3. The number of para-hydroxylation sites is 1. The molecule has 0 radical (unpaired) electrons. The van der Waals surface area contributed by atoms with Gasteiger partial charge in [-0.2, -0.15) is 0 Å². The molecule has 2 aromatic carbocycles. The Bertz CT molecular complexity index is 782. The predicted octanol–water partition coefficient (Wildman–Crippen LogP) is 2.47. The average molecular weight is 309 g/mol. The second-order valence-corrected chi connectivity index (χ2v) is 4.94. The van der Waals surface area contributed by atoms with E-state index >= 15 is 0 Å². The van der Waals surface area contributed by atoms with Crippen molar-refractivity contribution in [1.82, 2.24) is 14.8 Å². The van der Waals surface area contributed by atoms with E-state index in [2.05, 4.69) is 10.1 Å². The Morgan fingerprint density at radius 1 is 1.09 bits per heavy atom. The predicted molar refractivity (Wildman–Crippen MR) is 83.5 cm³/mol. The maximum atomic E-state index is 10.6. The van der Waals surface area contributed by atoms with Crippen LogP contribution >= 0.6 is 0 Å². The SMILES string of the molecule is O=C(O)Cc1ccc(OCc2ncn(-c3ccccc3)n2)cc1. The third kappa shape index (κ3) is 3.94. The Morgan fingerprint density at radius 2 is 1.83 bits per heavy atom. The first-order valence-electron chi connectivity index (χ1n) is 7.10. The van der Waals surface area contributed by atoms with Gasteiger partial charge in [-0.3, -0.25) is 4.79 Å². The number of hydrogen-bond donors (Lipinski definition) is 1. The number of carbonyl (C=O) groups is 1. The molecule has 0 bridgehead atoms. The summed E-state index contributed by atoms with van der Waals surface area (Å²) in [7, 11) is 0. The highest BCUT2D eigenvalue weighted by atomic mass is 16.5. The fraction of sp³-hybridized carbons (Fsp3) is 0.118. The zero-order chi connectivity index (χ0) is 16.1. The molecule has 1 N–H and O–H groups in total. The van der Waals surface area contributed by atoms with Gasteiger partial charge in [0.15, 0.2) is 5.82 Å². The van der Waals surface area contributed by atoms with Gasteiger partial charge in [0.25, 0.3) is 0 Å². The van der Waals surface area contributed by atoms with E-state index in [1.54, 1.807) is 35.3 Å². The van der Waals surface area contributed by atoms with E-state index in [-0.39, 0.29) is 13.0 Å². The molecule has 0 aliphatic carbocycles. The van der Waals surface area contributed by atoms with Crippen LogP contribution in [0.5, 0.6) is 5.75 Å². The van der Waals surface area contributed by atoms with E-state index < -0.39 is 5.97 Å². The quantitative estimate of drug-likeness (QED) is 0.757. The number of hydrogen-bond acceptors (Lipinski definition) is 4. The van der Waals surface area contributed by atoms with Crippen LogP contribution in [-0.4, -0.2) is 25.8 Å². The minimum atomic E-state index is -0.852. The van der Waals surface area contributed by atoms with Gasteiger partial charge in [-0.05, 0) is 29.8 Å². The highest BCUT2D eigenvalue weighted by Crippen LogP contribution is 2.14. The smallest absolute Gasteiger partial charge is 0.307 e. The Kier molecular flexibility index (Phi) is 4.33. The third-order valence-corrected chi connectivity index (χ3v) is 3.21. The molecule has 3 rings (SSSR count). The first-order valence-corrected chi connectivity index (χ1v) is 7.10. The van der Waals surface area contributed by atoms with Crippen molar-refractivity contribution in [2.45, 2.75) is 13.0 Å². The number of carboxylic acid groups (broad SMARTS) is 1. The zero-order valence-corrected chi connectivity index (χ0v) is 12.3. The highest BCUT2D eigenvalue weighted by molar-refractivity contribution is 5.70. The lowest BCUT2D eigenvalue weighted by molar-refractivity contribution is -0.136. The van der Waals surface area contributed by atoms with Crippen LogP contribution in [-0.2, 0) is 17.8 Å². The van der Waals surface area contributed by atoms with Gasteiger partial charge < -0.3 is 9.84 Å². The summed E-state index contributed by atoms with van der Waals surface area (Å²) in [6, 6.07) is 16.7. The molecule has 0 atom stereocenters. The fourth-order valence-electron chi connectivity index (χ4n) is 2.09. The highest BCUT2D eigenvalue weighted by Gasteiger charge is 2.05. The summed E-state index contributed by atoms with van der Waals surface area (Å²) in [6.07, 6.45) is 1.65. The summed E-state index contributed by atoms with van der Waals surface area (Å²) in [5.74, 6) is 0.369. The lowest BCUT2D eigenvalue weighted by Crippen LogP contribution is -2.01. The van der Waals surface area contributed by atoms with Crippen LogP contribution in [0.2, 0.25) is 0 Å². The van der Waals surface area contributed by atoms with Crippen molar-refractivity contribution in [2.24, 2.45) is 0 Å². The first-order chi connectivity index (χ1) is 11.2. The van der Waals surface area contributed by atoms with Crippen molar-refractivity contribution >= 4 is 5.97 Å². The molecule has 0 unspecified atom stereocenters. The summed E-state index contributed by atoms with van der Waals surface area (Å²) in [5, 5.41) is 13.1. The van der Waals surface area contributed by atoms with E-state index in [1.807, 2.05) is 30.3 Å². The number of carboxylic acids is 1. The van der Waals surface area contributed by atoms with Crippen LogP contribution < -0.4 is 4.74 Å². The molecule has 23 heavy (non-hydrogen) atoms. The number of nitrogens with zero attached hydrogens (tertiary/aromatic N) is 3. The second-order valence-electron chi connectivity index (χ2n) is 4.94. The molecule has 0 aliphatic heterocycles. The molecule has 6 nitrogen and oxygen atoms in total. The standard InChI is InChI=1S/C17H15N3O3/c21-17(22)10-13-6-8-15(9-7-13)23-11-16-18-12-20(19-16)14-4-2-1-3-5-14/h1-9,12H,10-11H2,(H,21,22). The topological polar surface area (TPSA) is 77.2 Å². The van der Waals surface area contributed by atoms with Gasteiger partial charge in [0.1, 0.15) is 18.7 Å². The van der Waals surface area contributed by atoms with E-state index in [9.17, 15) is 4.79 Å². The van der Waals surface area contributed by atoms with Gasteiger partial charge in [-0.1, -0.05) is 30.3 Å². The molecule has 0 amide bonds. The van der Waals surface area contributed by atoms with Crippen LogP contribution in [0.4, 0.5) is 0 Å². The molecule has 0 spiro atoms. The molecule has 0 aliphatic rings. The van der Waals surface area contributed by atoms with Gasteiger partial charge >= 0.3 is 5.97 Å². The van der Waals surface area contributed by atoms with Crippen molar-refractivity contribution in [2.75, 3.05) is 0 Å². The lowest BCUT2D eigenvalue weighted by Gasteiger charge is -2.04. The number of benzene rings is 2. The third-order valence-electron chi connectivity index (χ3n) is 3.21. The normalized spacial score (nSPS) is 10.4. The first kappa shape index (κ1) is 14.8. The molecule has 0 saturated carbocycles. The minimum absolute atomic E-state index is 0.00329. The van der Waals surface area contributed by atoms with Gasteiger partial charge in [0.05, 0.1) is 12.1 Å². The van der Waals surface area contributed by atoms with Gasteiger partial charge in [0, 0.05) is 0 Å². The van der Waals surface area contributed by atoms with Crippen molar-refractivity contribution in [1.29, 1.82) is 0 Å². The number of aliphatic carboxylic acids is 1. The minimum Gasteiger partial charge on any atom is -0.486 e. The molecular weight excluding hydrogens is 294 g/mol. The van der Waals surface area contributed by atoms with Crippen molar-refractivity contribution in [3.63, 3.8) is 0 Å². The van der Waals surface area contributed by atoms with Crippen LogP contribution in [0.25, 0.3) is 5.69 Å². The molecule has 1 heterocycles. The molecule has 1 aromatic heterocycles. The number of aromatic nitrogens is 3. The Morgan fingerprint density at radius 3 is 2.52 bits per heavy atom. The summed E-state index contributed by atoms with van der Waals surface area (Å²) in [6.45, 7) is 0.248. The Labute approximate surface area is 133 Å². The maximum Gasteiger partial charge on any atom is 0.307 e. The molecule has 116 valence electrons. The van der Waals surface area contributed by atoms with Crippen LogP contribution in [0.3, 0.4) is 0 Å². The van der Waals surface area contributed by atoms with E-state index in [4.69, 9.17) is 9.84 Å². The second kappa shape index (κ2) is 6.74. The van der Waals surface area contributed by atoms with Crippen LogP contribution in [0, 0.1) is 0 Å². The van der Waals surface area contributed by atoms with Crippen LogP contribution in [0.1, 0.15) is 11.4 Å². The Balaban J connectivity index is 1.60. The maximum absolute atomic E-state index is 10.6. The average Bonchev–Trinajstić information content (AvgIpc) is 3.04. The van der Waals surface area contributed by atoms with Gasteiger partial charge in [-0.15, -0.1) is 5.10 Å². The van der Waals surface area contributed by atoms with Gasteiger partial charge in [-0.25, -0.2) is 9.67 Å². The lowest BCUT2D eigenvalue weighted by atomic mass is 10.1. The number of ether oxygens (including phenoxy) is 1. The summed E-state index contributed by atoms with van der Waals surface area (Å²) in [4.78, 5) is 14.8. The number of rotatable bonds is 6. The summed E-state index contributed by atoms with van der Waals surface area (Å²) in [5.41, 5.74) is 1.67. The van der Waals surface area contributed by atoms with Crippen molar-refractivity contribution in [3.8, 4) is 11.4 Å². The molecule has 0 saturated heterocycles. The molecule has 3 aromatic rings. The van der Waals surface area contributed by atoms with E-state index in [1.165, 1.54) is 0 Å². The molecule has 0 fully saturated rings. The summed E-state index contributed by atoms with van der Waals surface area (Å²) >= 11 is 0. The molecular formula is C17H15N3O3. The largest absolute Gasteiger partial charge is 0.486 e. The van der Waals surface area contributed by atoms with Crippen molar-refractivity contribution < 1.29 is 14.6 Å². The molecule has 6 heteroatoms. The monoisotopic (exact) mass is 309 g/mol. The van der Waals surface area contributed by atoms with Crippen LogP contribution in [0.15, 0.2) is 60.9 Å².